The minimum Gasteiger partial charge on any atom is -0.496 e. The fourth-order valence-corrected chi connectivity index (χ4v) is 3.05. The number of rotatable bonds is 5. The van der Waals surface area contributed by atoms with E-state index in [1.807, 2.05) is 12.1 Å². The molecule has 1 atom stereocenters. The molecule has 1 saturated carbocycles. The molecule has 0 aliphatic heterocycles. The third kappa shape index (κ3) is 2.65. The highest BCUT2D eigenvalue weighted by Crippen LogP contribution is 2.45. The van der Waals surface area contributed by atoms with E-state index in [2.05, 4.69) is 13.0 Å². The van der Waals surface area contributed by atoms with Crippen molar-refractivity contribution in [2.75, 3.05) is 14.2 Å². The molecule has 0 spiro atoms. The molecular formula is C15H21ClO2. The second kappa shape index (κ2) is 5.50. The molecule has 0 N–H and O–H groups in total. The van der Waals surface area contributed by atoms with Crippen LogP contribution >= 0.6 is 11.6 Å². The van der Waals surface area contributed by atoms with Gasteiger partial charge in [0.05, 0.1) is 18.1 Å². The van der Waals surface area contributed by atoms with E-state index in [9.17, 15) is 0 Å². The lowest BCUT2D eigenvalue weighted by molar-refractivity contribution is -0.0780. The van der Waals surface area contributed by atoms with Crippen molar-refractivity contribution < 1.29 is 9.47 Å². The first-order chi connectivity index (χ1) is 8.60. The summed E-state index contributed by atoms with van der Waals surface area (Å²) in [5, 5.41) is -0.0555. The molecule has 1 aromatic rings. The van der Waals surface area contributed by atoms with Crippen LogP contribution in [-0.2, 0) is 4.74 Å². The highest BCUT2D eigenvalue weighted by atomic mass is 35.5. The Balaban J connectivity index is 2.17. The minimum atomic E-state index is -0.0555. The van der Waals surface area contributed by atoms with Gasteiger partial charge >= 0.3 is 0 Å². The summed E-state index contributed by atoms with van der Waals surface area (Å²) in [6.07, 6.45) is 4.31. The normalized spacial score (nSPS) is 19.1. The van der Waals surface area contributed by atoms with Crippen molar-refractivity contribution in [1.29, 1.82) is 0 Å². The topological polar surface area (TPSA) is 18.5 Å². The summed E-state index contributed by atoms with van der Waals surface area (Å²) >= 11 is 6.58. The second-order valence-corrected chi connectivity index (χ2v) is 5.68. The number of hydrogen-bond donors (Lipinski definition) is 0. The molecule has 0 bridgehead atoms. The van der Waals surface area contributed by atoms with Crippen LogP contribution in [0.5, 0.6) is 5.75 Å². The van der Waals surface area contributed by atoms with Crippen molar-refractivity contribution in [1.82, 2.24) is 0 Å². The van der Waals surface area contributed by atoms with Crippen molar-refractivity contribution in [3.05, 3.63) is 29.3 Å². The van der Waals surface area contributed by atoms with Crippen LogP contribution in [0.25, 0.3) is 0 Å². The molecule has 1 aromatic carbocycles. The lowest BCUT2D eigenvalue weighted by Crippen LogP contribution is -2.39. The molecule has 0 amide bonds. The maximum absolute atomic E-state index is 6.58. The largest absolute Gasteiger partial charge is 0.496 e. The van der Waals surface area contributed by atoms with Gasteiger partial charge in [-0.25, -0.2) is 0 Å². The van der Waals surface area contributed by atoms with E-state index in [0.717, 1.165) is 30.6 Å². The van der Waals surface area contributed by atoms with Crippen molar-refractivity contribution in [3.8, 4) is 5.75 Å². The Labute approximate surface area is 114 Å². The smallest absolute Gasteiger partial charge is 0.123 e. The second-order valence-electron chi connectivity index (χ2n) is 5.16. The Kier molecular flexibility index (Phi) is 4.18. The average molecular weight is 269 g/mol. The van der Waals surface area contributed by atoms with Gasteiger partial charge in [-0.05, 0) is 38.7 Å². The summed E-state index contributed by atoms with van der Waals surface area (Å²) in [6.45, 7) is 2.07. The quantitative estimate of drug-likeness (QED) is 0.744. The van der Waals surface area contributed by atoms with Crippen LogP contribution in [0.3, 0.4) is 0 Å². The van der Waals surface area contributed by atoms with E-state index < -0.39 is 0 Å². The number of halogens is 1. The number of alkyl halides is 1. The van der Waals surface area contributed by atoms with Gasteiger partial charge < -0.3 is 9.47 Å². The number of ether oxygens (including phenoxy) is 2. The Morgan fingerprint density at radius 3 is 2.56 bits per heavy atom. The van der Waals surface area contributed by atoms with Crippen LogP contribution in [0.2, 0.25) is 0 Å². The first-order valence-electron chi connectivity index (χ1n) is 6.44. The molecule has 2 rings (SSSR count). The molecule has 18 heavy (non-hydrogen) atoms. The molecule has 3 heteroatoms. The maximum Gasteiger partial charge on any atom is 0.123 e. The van der Waals surface area contributed by atoms with Crippen LogP contribution in [0.15, 0.2) is 18.2 Å². The standard InChI is InChI=1S/C15H21ClO2/c1-11-5-6-14(17-2)12(9-11)13(16)10-15(18-3)7-4-8-15/h5-6,9,13H,4,7-8,10H2,1-3H3. The van der Waals surface area contributed by atoms with Gasteiger partial charge in [0.15, 0.2) is 0 Å². The summed E-state index contributed by atoms with van der Waals surface area (Å²) in [5.41, 5.74) is 2.26. The van der Waals surface area contributed by atoms with Crippen molar-refractivity contribution in [3.63, 3.8) is 0 Å². The van der Waals surface area contributed by atoms with Gasteiger partial charge in [0.25, 0.3) is 0 Å². The van der Waals surface area contributed by atoms with Gasteiger partial charge in [-0.3, -0.25) is 0 Å². The van der Waals surface area contributed by atoms with Gasteiger partial charge in [0.2, 0.25) is 0 Å². The minimum absolute atomic E-state index is 0.0127. The molecule has 2 nitrogen and oxygen atoms in total. The zero-order valence-corrected chi connectivity index (χ0v) is 12.1. The van der Waals surface area contributed by atoms with E-state index in [1.165, 1.54) is 12.0 Å². The third-order valence-electron chi connectivity index (χ3n) is 3.97. The predicted octanol–water partition coefficient (Wildman–Crippen LogP) is 4.24. The van der Waals surface area contributed by atoms with Gasteiger partial charge in [0, 0.05) is 12.7 Å². The zero-order chi connectivity index (χ0) is 13.2. The molecule has 0 saturated heterocycles. The molecule has 1 aliphatic rings. The van der Waals surface area contributed by atoms with Crippen LogP contribution in [0, 0.1) is 6.92 Å². The molecule has 1 fully saturated rings. The third-order valence-corrected chi connectivity index (χ3v) is 4.36. The monoisotopic (exact) mass is 268 g/mol. The molecule has 0 radical (unpaired) electrons. The summed E-state index contributed by atoms with van der Waals surface area (Å²) in [7, 11) is 3.48. The first-order valence-corrected chi connectivity index (χ1v) is 6.88. The predicted molar refractivity (Wildman–Crippen MR) is 74.5 cm³/mol. The van der Waals surface area contributed by atoms with E-state index in [-0.39, 0.29) is 11.0 Å². The molecule has 1 unspecified atom stereocenters. The summed E-state index contributed by atoms with van der Waals surface area (Å²) in [4.78, 5) is 0. The van der Waals surface area contributed by atoms with Crippen LogP contribution in [0.1, 0.15) is 42.2 Å². The number of methoxy groups -OCH3 is 2. The number of benzene rings is 1. The van der Waals surface area contributed by atoms with Gasteiger partial charge in [-0.15, -0.1) is 11.6 Å². The summed E-state index contributed by atoms with van der Waals surface area (Å²) in [5.74, 6) is 0.867. The maximum atomic E-state index is 6.58. The molecule has 0 heterocycles. The molecule has 1 aliphatic carbocycles. The highest BCUT2D eigenvalue weighted by Gasteiger charge is 2.39. The number of hydrogen-bond acceptors (Lipinski definition) is 2. The van der Waals surface area contributed by atoms with E-state index in [4.69, 9.17) is 21.1 Å². The van der Waals surface area contributed by atoms with Crippen molar-refractivity contribution >= 4 is 11.6 Å². The molecule has 100 valence electrons. The van der Waals surface area contributed by atoms with Crippen LogP contribution in [-0.4, -0.2) is 19.8 Å². The SMILES string of the molecule is COc1ccc(C)cc1C(Cl)CC1(OC)CCC1. The Morgan fingerprint density at radius 1 is 1.33 bits per heavy atom. The first kappa shape index (κ1) is 13.7. The van der Waals surface area contributed by atoms with Crippen molar-refractivity contribution in [2.24, 2.45) is 0 Å². The average Bonchev–Trinajstić information content (AvgIpc) is 2.33. The Hall–Kier alpha value is -0.730. The summed E-state index contributed by atoms with van der Waals surface area (Å²) in [6, 6.07) is 6.14. The summed E-state index contributed by atoms with van der Waals surface area (Å²) < 4.78 is 11.0. The van der Waals surface area contributed by atoms with Crippen molar-refractivity contribution in [2.45, 2.75) is 43.6 Å². The van der Waals surface area contributed by atoms with Gasteiger partial charge in [-0.1, -0.05) is 17.7 Å². The lowest BCUT2D eigenvalue weighted by Gasteiger charge is -2.42. The van der Waals surface area contributed by atoms with Crippen LogP contribution < -0.4 is 4.74 Å². The van der Waals surface area contributed by atoms with E-state index in [1.54, 1.807) is 14.2 Å². The Bertz CT molecular complexity index is 407. The zero-order valence-electron chi connectivity index (χ0n) is 11.3. The highest BCUT2D eigenvalue weighted by molar-refractivity contribution is 6.21. The van der Waals surface area contributed by atoms with Gasteiger partial charge in [0.1, 0.15) is 5.75 Å². The van der Waals surface area contributed by atoms with E-state index in [0.29, 0.717) is 0 Å². The molecule has 0 aromatic heterocycles. The van der Waals surface area contributed by atoms with Crippen LogP contribution in [0.4, 0.5) is 0 Å². The number of aryl methyl sites for hydroxylation is 1. The lowest BCUT2D eigenvalue weighted by atomic mass is 9.76. The molecular weight excluding hydrogens is 248 g/mol. The fourth-order valence-electron chi connectivity index (χ4n) is 2.60. The fraction of sp³-hybridized carbons (Fsp3) is 0.600. The Morgan fingerprint density at radius 2 is 2.06 bits per heavy atom. The van der Waals surface area contributed by atoms with Gasteiger partial charge in [-0.2, -0.15) is 0 Å². The van der Waals surface area contributed by atoms with E-state index >= 15 is 0 Å².